The number of halogens is 1. The molecule has 2 heterocycles. The number of nitrogens with two attached hydrogens (primary N) is 1. The number of hydrazine groups is 2. The monoisotopic (exact) mass is 814 g/mol. The fourth-order valence-electron chi connectivity index (χ4n) is 5.03. The molecule has 0 radical (unpaired) electrons. The Balaban J connectivity index is 1.30. The molecule has 0 aliphatic rings. The van der Waals surface area contributed by atoms with Crippen molar-refractivity contribution in [1.82, 2.24) is 25.8 Å². The van der Waals surface area contributed by atoms with Gasteiger partial charge >= 0.3 is 0 Å². The minimum absolute atomic E-state index is 0.0916. The minimum Gasteiger partial charge on any atom is -0.491 e. The van der Waals surface area contributed by atoms with Crippen molar-refractivity contribution in [3.05, 3.63) is 149 Å². The van der Waals surface area contributed by atoms with E-state index in [2.05, 4.69) is 26.3 Å². The normalized spacial score (nSPS) is 11.4. The number of ether oxygens (including phenoxy) is 1. The molecule has 2 aromatic heterocycles. The number of hydrogen-bond acceptors (Lipinski definition) is 12. The standard InChI is InChI=1S/C39H39ClN8O6S2/c40-32-12-5-6-13-35(32)55-27-31-16-18-34(54-24-21-28-9-2-1-3-10-28)33(45-31)17-20-38(49)47-48(44-26-29-11-4-7-14-36(29)56(51,52)53)23-8-22-42-39(50)30-15-19-37(46-41)43-25-30/h1-7,9-20,25-26H,8,21-24,27,41H2,(H,42,50)(H,43,46)(H,47,49)(H,51,52,53)/b20-17?,44-26+. The van der Waals surface area contributed by atoms with Crippen molar-refractivity contribution in [1.29, 1.82) is 0 Å². The predicted octanol–water partition coefficient (Wildman–Crippen LogP) is 5.78. The average Bonchev–Trinajstić information content (AvgIpc) is 3.21. The fraction of sp³-hybridized carbons (Fsp3) is 0.154. The van der Waals surface area contributed by atoms with Crippen LogP contribution < -0.4 is 26.7 Å². The highest BCUT2D eigenvalue weighted by atomic mass is 35.5. The number of amides is 2. The molecule has 0 aliphatic carbocycles. The van der Waals surface area contributed by atoms with Crippen LogP contribution in [0.2, 0.25) is 5.02 Å². The van der Waals surface area contributed by atoms with E-state index in [0.717, 1.165) is 16.2 Å². The third-order valence-corrected chi connectivity index (χ3v) is 10.3. The number of carbonyl (C=O) groups excluding carboxylic acids is 2. The molecule has 3 aromatic carbocycles. The van der Waals surface area contributed by atoms with Gasteiger partial charge in [0.2, 0.25) is 0 Å². The molecule has 290 valence electrons. The number of nitrogens with one attached hydrogen (secondary N) is 3. The Morgan fingerprint density at radius 2 is 1.75 bits per heavy atom. The summed E-state index contributed by atoms with van der Waals surface area (Å²) in [6, 6.07) is 30.0. The second-order valence-corrected chi connectivity index (χ2v) is 14.7. The van der Waals surface area contributed by atoms with E-state index in [1.54, 1.807) is 18.2 Å². The molecule has 56 heavy (non-hydrogen) atoms. The van der Waals surface area contributed by atoms with Crippen molar-refractivity contribution >= 4 is 63.4 Å². The van der Waals surface area contributed by atoms with Crippen LogP contribution in [-0.2, 0) is 27.1 Å². The summed E-state index contributed by atoms with van der Waals surface area (Å²) >= 11 is 7.89. The quantitative estimate of drug-likeness (QED) is 0.0128. The molecule has 17 heteroatoms. The summed E-state index contributed by atoms with van der Waals surface area (Å²) in [6.07, 6.45) is 6.37. The summed E-state index contributed by atoms with van der Waals surface area (Å²) in [5, 5.41) is 8.90. The summed E-state index contributed by atoms with van der Waals surface area (Å²) in [4.78, 5) is 35.3. The molecule has 5 aromatic rings. The molecule has 2 amide bonds. The average molecular weight is 815 g/mol. The number of aromatic nitrogens is 2. The molecular formula is C39H39ClN8O6S2. The number of hydrogen-bond donors (Lipinski definition) is 5. The van der Waals surface area contributed by atoms with E-state index in [-0.39, 0.29) is 29.5 Å². The van der Waals surface area contributed by atoms with Gasteiger partial charge in [-0.25, -0.2) is 26.4 Å². The third kappa shape index (κ3) is 12.9. The summed E-state index contributed by atoms with van der Waals surface area (Å²) < 4.78 is 39.8. The molecule has 0 saturated heterocycles. The topological polar surface area (TPSA) is 201 Å². The summed E-state index contributed by atoms with van der Waals surface area (Å²) in [6.45, 7) is 0.671. The number of nitrogens with zero attached hydrogens (tertiary/aromatic N) is 4. The predicted molar refractivity (Wildman–Crippen MR) is 218 cm³/mol. The lowest BCUT2D eigenvalue weighted by molar-refractivity contribution is -0.121. The highest BCUT2D eigenvalue weighted by Gasteiger charge is 2.15. The number of nitrogen functional groups attached to an aromatic ring is 1. The van der Waals surface area contributed by atoms with Gasteiger partial charge < -0.3 is 15.5 Å². The van der Waals surface area contributed by atoms with E-state index in [1.807, 2.05) is 66.7 Å². The van der Waals surface area contributed by atoms with Gasteiger partial charge in [-0.2, -0.15) is 13.5 Å². The van der Waals surface area contributed by atoms with Crippen molar-refractivity contribution in [3.63, 3.8) is 0 Å². The van der Waals surface area contributed by atoms with Crippen molar-refractivity contribution < 1.29 is 27.3 Å². The lowest BCUT2D eigenvalue weighted by atomic mass is 10.2. The van der Waals surface area contributed by atoms with Crippen LogP contribution >= 0.6 is 23.4 Å². The van der Waals surface area contributed by atoms with Crippen molar-refractivity contribution in [2.45, 2.75) is 28.4 Å². The summed E-state index contributed by atoms with van der Waals surface area (Å²) in [7, 11) is -4.56. The number of benzene rings is 3. The first kappa shape index (κ1) is 41.4. The SMILES string of the molecule is NNc1ccc(C(=O)NCCCN(/N=C/c2ccccc2S(=O)(=O)O)NC(=O)C=Cc2nc(CSc3ccccc3Cl)ccc2OCCc2ccccc2)cn1. The Kier molecular flexibility index (Phi) is 15.4. The van der Waals surface area contributed by atoms with Gasteiger partial charge in [-0.15, -0.1) is 11.8 Å². The van der Waals surface area contributed by atoms with Crippen LogP contribution in [0.3, 0.4) is 0 Å². The highest BCUT2D eigenvalue weighted by Crippen LogP contribution is 2.30. The molecular weight excluding hydrogens is 776 g/mol. The molecule has 0 bridgehead atoms. The van der Waals surface area contributed by atoms with Gasteiger partial charge in [0.15, 0.2) is 0 Å². The second-order valence-electron chi connectivity index (χ2n) is 11.9. The number of thioether (sulfide) groups is 1. The molecule has 0 spiro atoms. The van der Waals surface area contributed by atoms with Gasteiger partial charge in [-0.05, 0) is 60.5 Å². The van der Waals surface area contributed by atoms with Crippen LogP contribution in [0.1, 0.15) is 39.3 Å². The largest absolute Gasteiger partial charge is 0.491 e. The maximum atomic E-state index is 13.4. The summed E-state index contributed by atoms with van der Waals surface area (Å²) in [5.74, 6) is 5.78. The first-order valence-electron chi connectivity index (χ1n) is 17.2. The number of anilines is 1. The van der Waals surface area contributed by atoms with E-state index in [9.17, 15) is 22.6 Å². The third-order valence-electron chi connectivity index (χ3n) is 7.82. The Bertz CT molecular complexity index is 2260. The van der Waals surface area contributed by atoms with Crippen LogP contribution in [0.5, 0.6) is 5.75 Å². The number of carbonyl (C=O) groups is 2. The maximum Gasteiger partial charge on any atom is 0.295 e. The van der Waals surface area contributed by atoms with Crippen LogP contribution in [0.25, 0.3) is 6.08 Å². The Morgan fingerprint density at radius 3 is 2.50 bits per heavy atom. The second kappa shape index (κ2) is 20.8. The molecule has 14 nitrogen and oxygen atoms in total. The van der Waals surface area contributed by atoms with Gasteiger partial charge in [0, 0.05) is 41.5 Å². The van der Waals surface area contributed by atoms with Crippen LogP contribution in [-0.4, -0.2) is 65.8 Å². The van der Waals surface area contributed by atoms with Crippen LogP contribution in [0, 0.1) is 0 Å². The number of rotatable bonds is 19. The van der Waals surface area contributed by atoms with Gasteiger partial charge in [-0.1, -0.05) is 72.3 Å². The van der Waals surface area contributed by atoms with Crippen molar-refractivity contribution in [2.24, 2.45) is 10.9 Å². The number of pyridine rings is 2. The van der Waals surface area contributed by atoms with Crippen molar-refractivity contribution in [3.8, 4) is 5.75 Å². The first-order valence-corrected chi connectivity index (χ1v) is 20.0. The summed E-state index contributed by atoms with van der Waals surface area (Å²) in [5.41, 5.74) is 7.75. The Hall–Kier alpha value is -5.78. The molecule has 5 rings (SSSR count). The Morgan fingerprint density at radius 1 is 0.982 bits per heavy atom. The van der Waals surface area contributed by atoms with E-state index in [0.29, 0.717) is 53.0 Å². The molecule has 0 saturated carbocycles. The van der Waals surface area contributed by atoms with Crippen LogP contribution in [0.4, 0.5) is 5.82 Å². The molecule has 0 fully saturated rings. The minimum atomic E-state index is -4.56. The van der Waals surface area contributed by atoms with Gasteiger partial charge in [-0.3, -0.25) is 14.1 Å². The molecule has 0 atom stereocenters. The van der Waals surface area contributed by atoms with Crippen LogP contribution in [0.15, 0.2) is 130 Å². The smallest absolute Gasteiger partial charge is 0.295 e. The molecule has 0 aliphatic heterocycles. The van der Waals surface area contributed by atoms with Gasteiger partial charge in [0.1, 0.15) is 22.2 Å². The highest BCUT2D eigenvalue weighted by molar-refractivity contribution is 7.98. The molecule has 0 unspecified atom stereocenters. The van der Waals surface area contributed by atoms with E-state index < -0.39 is 16.0 Å². The van der Waals surface area contributed by atoms with E-state index in [4.69, 9.17) is 27.2 Å². The maximum absolute atomic E-state index is 13.4. The fourth-order valence-corrected chi connectivity index (χ4v) is 6.84. The van der Waals surface area contributed by atoms with Gasteiger partial charge in [0.05, 0.1) is 35.6 Å². The zero-order valence-corrected chi connectivity index (χ0v) is 32.3. The van der Waals surface area contributed by atoms with Gasteiger partial charge in [0.25, 0.3) is 21.9 Å². The lowest BCUT2D eigenvalue weighted by Crippen LogP contribution is -2.39. The zero-order valence-electron chi connectivity index (χ0n) is 29.9. The zero-order chi connectivity index (χ0) is 39.8. The van der Waals surface area contributed by atoms with E-state index in [1.165, 1.54) is 59.6 Å². The molecule has 6 N–H and O–H groups in total. The first-order chi connectivity index (χ1) is 27.1. The lowest BCUT2D eigenvalue weighted by Gasteiger charge is -2.19. The Labute approximate surface area is 333 Å². The van der Waals surface area contributed by atoms with E-state index >= 15 is 0 Å². The van der Waals surface area contributed by atoms with Crippen molar-refractivity contribution in [2.75, 3.05) is 25.1 Å². The number of hydrazone groups is 1.